The first kappa shape index (κ1) is 34.1. The molecule has 1 aliphatic carbocycles. The van der Waals surface area contributed by atoms with Gasteiger partial charge in [-0.1, -0.05) is 184 Å². The van der Waals surface area contributed by atoms with E-state index in [0.717, 1.165) is 61.7 Å². The molecular weight excluding hydrogens is 695 g/mol. The summed E-state index contributed by atoms with van der Waals surface area (Å²) >= 11 is 0. The van der Waals surface area contributed by atoms with Crippen LogP contribution in [0.15, 0.2) is 188 Å². The van der Waals surface area contributed by atoms with Gasteiger partial charge in [0.1, 0.15) is 0 Å². The molecule has 270 valence electrons. The van der Waals surface area contributed by atoms with Gasteiger partial charge in [0.2, 0.25) is 0 Å². The van der Waals surface area contributed by atoms with E-state index in [1.807, 2.05) is 66.7 Å². The van der Waals surface area contributed by atoms with Crippen LogP contribution in [0.1, 0.15) is 25.0 Å². The molecule has 0 fully saturated rings. The van der Waals surface area contributed by atoms with E-state index < -0.39 is 0 Å². The maximum Gasteiger partial charge on any atom is 0.164 e. The van der Waals surface area contributed by atoms with Gasteiger partial charge in [-0.05, 0) is 51.6 Å². The molecule has 0 bridgehead atoms. The standard InChI is InChI=1S/C52H37N5/c1-52(2)44-30-13-12-27-41(44)42-28-16-29-43(47(42)52)51-53-45(34-17-6-3-7-18-34)33-46(54-51)39-25-14-23-37(31-39)38-24-15-26-40(32-38)50-56-48(35-19-8-4-9-20-35)55-49(57-50)36-21-10-5-11-22-36/h3-33H,1-2H3. The van der Waals surface area contributed by atoms with Crippen molar-refractivity contribution in [3.8, 4) is 90.3 Å². The summed E-state index contributed by atoms with van der Waals surface area (Å²) in [6.45, 7) is 4.62. The van der Waals surface area contributed by atoms with Crippen LogP contribution in [-0.2, 0) is 5.41 Å². The zero-order valence-electron chi connectivity index (χ0n) is 31.6. The Morgan fingerprint density at radius 3 is 1.35 bits per heavy atom. The summed E-state index contributed by atoms with van der Waals surface area (Å²) in [7, 11) is 0. The van der Waals surface area contributed by atoms with Crippen molar-refractivity contribution in [1.82, 2.24) is 24.9 Å². The van der Waals surface area contributed by atoms with E-state index >= 15 is 0 Å². The van der Waals surface area contributed by atoms with Crippen molar-refractivity contribution < 1.29 is 0 Å². The minimum atomic E-state index is -0.206. The van der Waals surface area contributed by atoms with E-state index in [0.29, 0.717) is 17.5 Å². The Kier molecular flexibility index (Phi) is 8.41. The van der Waals surface area contributed by atoms with E-state index in [9.17, 15) is 0 Å². The molecule has 9 aromatic rings. The third kappa shape index (κ3) is 6.29. The lowest BCUT2D eigenvalue weighted by molar-refractivity contribution is 0.661. The Balaban J connectivity index is 1.08. The zero-order chi connectivity index (χ0) is 38.3. The number of hydrogen-bond acceptors (Lipinski definition) is 5. The van der Waals surface area contributed by atoms with Gasteiger partial charge in [0.25, 0.3) is 0 Å². The van der Waals surface area contributed by atoms with Crippen molar-refractivity contribution in [3.05, 3.63) is 199 Å². The van der Waals surface area contributed by atoms with Gasteiger partial charge in [0, 0.05) is 38.8 Å². The summed E-state index contributed by atoms with van der Waals surface area (Å²) in [5.41, 5.74) is 14.7. The fraction of sp³-hybridized carbons (Fsp3) is 0.0577. The second kappa shape index (κ2) is 14.0. The zero-order valence-corrected chi connectivity index (χ0v) is 31.6. The van der Waals surface area contributed by atoms with Crippen molar-refractivity contribution in [2.45, 2.75) is 19.3 Å². The molecule has 0 saturated carbocycles. The maximum absolute atomic E-state index is 5.34. The summed E-state index contributed by atoms with van der Waals surface area (Å²) in [6, 6.07) is 64.9. The highest BCUT2D eigenvalue weighted by atomic mass is 15.0. The second-order valence-electron chi connectivity index (χ2n) is 14.9. The van der Waals surface area contributed by atoms with Crippen LogP contribution in [-0.4, -0.2) is 24.9 Å². The third-order valence-corrected chi connectivity index (χ3v) is 10.9. The van der Waals surface area contributed by atoms with E-state index in [4.69, 9.17) is 24.9 Å². The Bertz CT molecular complexity index is 2860. The minimum absolute atomic E-state index is 0.206. The van der Waals surface area contributed by atoms with Crippen molar-refractivity contribution in [1.29, 1.82) is 0 Å². The molecule has 7 aromatic carbocycles. The fourth-order valence-electron chi connectivity index (χ4n) is 8.14. The van der Waals surface area contributed by atoms with Gasteiger partial charge in [-0.15, -0.1) is 0 Å². The number of rotatable bonds is 7. The summed E-state index contributed by atoms with van der Waals surface area (Å²) in [6.07, 6.45) is 0. The van der Waals surface area contributed by atoms with Gasteiger partial charge >= 0.3 is 0 Å². The topological polar surface area (TPSA) is 64.5 Å². The van der Waals surface area contributed by atoms with Crippen LogP contribution in [0.5, 0.6) is 0 Å². The van der Waals surface area contributed by atoms with E-state index in [1.165, 1.54) is 22.3 Å². The van der Waals surface area contributed by atoms with Crippen LogP contribution in [0, 0.1) is 0 Å². The van der Waals surface area contributed by atoms with Crippen molar-refractivity contribution in [2.24, 2.45) is 0 Å². The van der Waals surface area contributed by atoms with Crippen LogP contribution >= 0.6 is 0 Å². The number of aromatic nitrogens is 5. The highest BCUT2D eigenvalue weighted by Gasteiger charge is 2.38. The predicted molar refractivity (Wildman–Crippen MR) is 231 cm³/mol. The number of hydrogen-bond donors (Lipinski definition) is 0. The molecule has 0 aliphatic heterocycles. The number of fused-ring (bicyclic) bond motifs is 3. The SMILES string of the molecule is CC1(C)c2ccccc2-c2cccc(-c3nc(-c4ccccc4)cc(-c4cccc(-c5cccc(-c6nc(-c7ccccc7)nc(-c7ccccc7)n6)c5)c4)n3)c21. The van der Waals surface area contributed by atoms with Crippen LogP contribution in [0.4, 0.5) is 0 Å². The average molecular weight is 732 g/mol. The molecule has 1 aliphatic rings. The van der Waals surface area contributed by atoms with E-state index in [2.05, 4.69) is 135 Å². The highest BCUT2D eigenvalue weighted by molar-refractivity contribution is 5.88. The first-order valence-corrected chi connectivity index (χ1v) is 19.3. The van der Waals surface area contributed by atoms with Gasteiger partial charge in [0.05, 0.1) is 11.4 Å². The molecule has 0 N–H and O–H groups in total. The summed E-state index contributed by atoms with van der Waals surface area (Å²) in [5, 5.41) is 0. The normalized spacial score (nSPS) is 12.5. The highest BCUT2D eigenvalue weighted by Crippen LogP contribution is 2.51. The molecule has 5 heteroatoms. The second-order valence-corrected chi connectivity index (χ2v) is 14.9. The lowest BCUT2D eigenvalue weighted by Gasteiger charge is -2.24. The molecule has 0 spiro atoms. The van der Waals surface area contributed by atoms with Crippen LogP contribution in [0.25, 0.3) is 90.3 Å². The lowest BCUT2D eigenvalue weighted by Crippen LogP contribution is -2.16. The molecule has 0 amide bonds. The van der Waals surface area contributed by atoms with E-state index in [1.54, 1.807) is 0 Å². The lowest BCUT2D eigenvalue weighted by atomic mass is 9.80. The molecule has 0 radical (unpaired) electrons. The molecule has 5 nitrogen and oxygen atoms in total. The monoisotopic (exact) mass is 731 g/mol. The van der Waals surface area contributed by atoms with Crippen LogP contribution in [0.3, 0.4) is 0 Å². The van der Waals surface area contributed by atoms with E-state index in [-0.39, 0.29) is 5.41 Å². The Morgan fingerprint density at radius 1 is 0.298 bits per heavy atom. The van der Waals surface area contributed by atoms with Crippen LogP contribution in [0.2, 0.25) is 0 Å². The molecule has 0 atom stereocenters. The number of nitrogens with zero attached hydrogens (tertiary/aromatic N) is 5. The molecule has 2 aromatic heterocycles. The van der Waals surface area contributed by atoms with Crippen molar-refractivity contribution in [2.75, 3.05) is 0 Å². The number of benzene rings is 7. The molecule has 57 heavy (non-hydrogen) atoms. The Morgan fingerprint density at radius 2 is 0.719 bits per heavy atom. The van der Waals surface area contributed by atoms with Gasteiger partial charge < -0.3 is 0 Å². The molecule has 10 rings (SSSR count). The third-order valence-electron chi connectivity index (χ3n) is 10.9. The van der Waals surface area contributed by atoms with Crippen molar-refractivity contribution in [3.63, 3.8) is 0 Å². The largest absolute Gasteiger partial charge is 0.228 e. The van der Waals surface area contributed by atoms with Gasteiger partial charge in [-0.2, -0.15) is 0 Å². The fourth-order valence-corrected chi connectivity index (χ4v) is 8.14. The Labute approximate surface area is 332 Å². The molecular formula is C52H37N5. The van der Waals surface area contributed by atoms with Gasteiger partial charge in [-0.25, -0.2) is 24.9 Å². The maximum atomic E-state index is 5.34. The van der Waals surface area contributed by atoms with Crippen LogP contribution < -0.4 is 0 Å². The van der Waals surface area contributed by atoms with Crippen molar-refractivity contribution >= 4 is 0 Å². The quantitative estimate of drug-likeness (QED) is 0.163. The Hall–Kier alpha value is -7.37. The smallest absolute Gasteiger partial charge is 0.164 e. The first-order valence-electron chi connectivity index (χ1n) is 19.3. The molecule has 0 unspecified atom stereocenters. The predicted octanol–water partition coefficient (Wildman–Crippen LogP) is 12.6. The minimum Gasteiger partial charge on any atom is -0.228 e. The first-order chi connectivity index (χ1) is 28.0. The summed E-state index contributed by atoms with van der Waals surface area (Å²) < 4.78 is 0. The van der Waals surface area contributed by atoms with Gasteiger partial charge in [0.15, 0.2) is 23.3 Å². The summed E-state index contributed by atoms with van der Waals surface area (Å²) in [4.78, 5) is 25.5. The molecule has 0 saturated heterocycles. The van der Waals surface area contributed by atoms with Gasteiger partial charge in [-0.3, -0.25) is 0 Å². The summed E-state index contributed by atoms with van der Waals surface area (Å²) in [5.74, 6) is 2.61. The average Bonchev–Trinajstić information content (AvgIpc) is 3.53. The molecule has 2 heterocycles.